The van der Waals surface area contributed by atoms with Gasteiger partial charge in [-0.3, -0.25) is 9.59 Å². The van der Waals surface area contributed by atoms with Gasteiger partial charge in [0.25, 0.3) is 0 Å². The molecule has 0 aliphatic heterocycles. The molecule has 0 aromatic heterocycles. The number of alkyl halides is 3. The molecule has 0 unspecified atom stereocenters. The lowest BCUT2D eigenvalue weighted by atomic mass is 10.1. The van der Waals surface area contributed by atoms with Gasteiger partial charge in [-0.2, -0.15) is 13.2 Å². The summed E-state index contributed by atoms with van der Waals surface area (Å²) < 4.78 is 36.7. The Morgan fingerprint density at radius 1 is 1.15 bits per heavy atom. The van der Waals surface area contributed by atoms with Gasteiger partial charge < -0.3 is 10.0 Å². The molecule has 1 aliphatic carbocycles. The van der Waals surface area contributed by atoms with Gasteiger partial charge in [0, 0.05) is 25.9 Å². The molecule has 1 fully saturated rings. The predicted molar refractivity (Wildman–Crippen MR) is 66.1 cm³/mol. The van der Waals surface area contributed by atoms with E-state index in [1.54, 1.807) is 0 Å². The summed E-state index contributed by atoms with van der Waals surface area (Å²) in [4.78, 5) is 23.5. The molecule has 1 aliphatic rings. The van der Waals surface area contributed by atoms with Crippen LogP contribution in [0.5, 0.6) is 0 Å². The summed E-state index contributed by atoms with van der Waals surface area (Å²) in [6.07, 6.45) is -2.43. The minimum Gasteiger partial charge on any atom is -0.481 e. The molecule has 7 heteroatoms. The van der Waals surface area contributed by atoms with E-state index in [1.807, 2.05) is 0 Å². The number of carboxylic acid groups (broad SMARTS) is 1. The average molecular weight is 295 g/mol. The molecule has 20 heavy (non-hydrogen) atoms. The molecule has 116 valence electrons. The minimum absolute atomic E-state index is 0.0154. The number of hydrogen-bond donors (Lipinski definition) is 1. The van der Waals surface area contributed by atoms with Crippen molar-refractivity contribution < 1.29 is 27.9 Å². The monoisotopic (exact) mass is 295 g/mol. The van der Waals surface area contributed by atoms with Gasteiger partial charge in [0.2, 0.25) is 5.91 Å². The highest BCUT2D eigenvalue weighted by atomic mass is 19.4. The lowest BCUT2D eigenvalue weighted by molar-refractivity contribution is -0.146. The van der Waals surface area contributed by atoms with Crippen LogP contribution >= 0.6 is 0 Å². The Kier molecular flexibility index (Phi) is 6.29. The SMILES string of the molecule is O=C(O)CCCCC(=O)N(CCC(F)(F)F)CC1CC1. The Morgan fingerprint density at radius 3 is 2.25 bits per heavy atom. The number of halogens is 3. The van der Waals surface area contributed by atoms with Crippen molar-refractivity contribution in [3.8, 4) is 0 Å². The molecule has 4 nitrogen and oxygen atoms in total. The number of amides is 1. The number of aliphatic carboxylic acids is 1. The standard InChI is InChI=1S/C13H20F3NO3/c14-13(15,16)7-8-17(9-10-5-6-10)11(18)3-1-2-4-12(19)20/h10H,1-9H2,(H,19,20). The number of nitrogens with zero attached hydrogens (tertiary/aromatic N) is 1. The smallest absolute Gasteiger partial charge is 0.390 e. The quantitative estimate of drug-likeness (QED) is 0.665. The maximum Gasteiger partial charge on any atom is 0.390 e. The lowest BCUT2D eigenvalue weighted by Crippen LogP contribution is -2.35. The van der Waals surface area contributed by atoms with E-state index in [2.05, 4.69) is 0 Å². The van der Waals surface area contributed by atoms with Gasteiger partial charge in [0.05, 0.1) is 6.42 Å². The summed E-state index contributed by atoms with van der Waals surface area (Å²) in [5.41, 5.74) is 0. The van der Waals surface area contributed by atoms with Gasteiger partial charge in [-0.25, -0.2) is 0 Å². The molecular formula is C13H20F3NO3. The van der Waals surface area contributed by atoms with Gasteiger partial charge in [0.1, 0.15) is 0 Å². The molecule has 0 atom stereocenters. The Morgan fingerprint density at radius 2 is 1.75 bits per heavy atom. The van der Waals surface area contributed by atoms with Crippen molar-refractivity contribution in [2.75, 3.05) is 13.1 Å². The van der Waals surface area contributed by atoms with E-state index < -0.39 is 18.6 Å². The van der Waals surface area contributed by atoms with Gasteiger partial charge in [-0.1, -0.05) is 0 Å². The number of hydrogen-bond acceptors (Lipinski definition) is 2. The van der Waals surface area contributed by atoms with Crippen LogP contribution in [0.4, 0.5) is 13.2 Å². The summed E-state index contributed by atoms with van der Waals surface area (Å²) in [6, 6.07) is 0. The van der Waals surface area contributed by atoms with E-state index in [4.69, 9.17) is 5.11 Å². The highest BCUT2D eigenvalue weighted by Crippen LogP contribution is 2.30. The van der Waals surface area contributed by atoms with Gasteiger partial charge in [-0.05, 0) is 31.6 Å². The lowest BCUT2D eigenvalue weighted by Gasteiger charge is -2.23. The predicted octanol–water partition coefficient (Wildman–Crippen LogP) is 2.82. The van der Waals surface area contributed by atoms with Crippen molar-refractivity contribution in [2.45, 2.75) is 51.1 Å². The summed E-state index contributed by atoms with van der Waals surface area (Å²) in [7, 11) is 0. The van der Waals surface area contributed by atoms with E-state index in [9.17, 15) is 22.8 Å². The normalized spacial score (nSPS) is 15.2. The molecule has 0 bridgehead atoms. The van der Waals surface area contributed by atoms with Crippen molar-refractivity contribution in [1.82, 2.24) is 4.90 Å². The summed E-state index contributed by atoms with van der Waals surface area (Å²) in [5.74, 6) is -0.887. The molecule has 0 radical (unpaired) electrons. The fraction of sp³-hybridized carbons (Fsp3) is 0.846. The van der Waals surface area contributed by atoms with Crippen LogP contribution in [-0.4, -0.2) is 41.1 Å². The first-order valence-corrected chi connectivity index (χ1v) is 6.84. The third-order valence-corrected chi connectivity index (χ3v) is 3.22. The zero-order valence-electron chi connectivity index (χ0n) is 11.3. The van der Waals surface area contributed by atoms with E-state index >= 15 is 0 Å². The van der Waals surface area contributed by atoms with Crippen LogP contribution in [0.2, 0.25) is 0 Å². The van der Waals surface area contributed by atoms with Gasteiger partial charge >= 0.3 is 12.1 Å². The highest BCUT2D eigenvalue weighted by molar-refractivity contribution is 5.76. The number of rotatable bonds is 9. The summed E-state index contributed by atoms with van der Waals surface area (Å²) in [5, 5.41) is 8.47. The van der Waals surface area contributed by atoms with Crippen molar-refractivity contribution in [3.05, 3.63) is 0 Å². The second-order valence-corrected chi connectivity index (χ2v) is 5.25. The van der Waals surface area contributed by atoms with Gasteiger partial charge in [0.15, 0.2) is 0 Å². The van der Waals surface area contributed by atoms with E-state index in [1.165, 1.54) is 4.90 Å². The molecular weight excluding hydrogens is 275 g/mol. The van der Waals surface area contributed by atoms with E-state index in [-0.39, 0.29) is 25.3 Å². The maximum atomic E-state index is 12.2. The number of carbonyl (C=O) groups is 2. The zero-order chi connectivity index (χ0) is 15.2. The molecule has 1 N–H and O–H groups in total. The highest BCUT2D eigenvalue weighted by Gasteiger charge is 2.31. The number of carboxylic acids is 1. The van der Waals surface area contributed by atoms with Crippen LogP contribution in [0.25, 0.3) is 0 Å². The Balaban J connectivity index is 2.32. The molecule has 0 spiro atoms. The van der Waals surface area contributed by atoms with Crippen LogP contribution in [0.3, 0.4) is 0 Å². The van der Waals surface area contributed by atoms with Crippen molar-refractivity contribution >= 4 is 11.9 Å². The molecule has 0 aromatic carbocycles. The molecule has 0 aromatic rings. The van der Waals surface area contributed by atoms with Crippen LogP contribution in [0.1, 0.15) is 44.9 Å². The molecule has 0 saturated heterocycles. The second-order valence-electron chi connectivity index (χ2n) is 5.25. The van der Waals surface area contributed by atoms with Crippen molar-refractivity contribution in [3.63, 3.8) is 0 Å². The molecule has 1 amide bonds. The molecule has 1 saturated carbocycles. The fourth-order valence-corrected chi connectivity index (χ4v) is 1.90. The maximum absolute atomic E-state index is 12.2. The fourth-order valence-electron chi connectivity index (χ4n) is 1.90. The number of carbonyl (C=O) groups excluding carboxylic acids is 1. The zero-order valence-corrected chi connectivity index (χ0v) is 11.3. The largest absolute Gasteiger partial charge is 0.481 e. The second kappa shape index (κ2) is 7.50. The van der Waals surface area contributed by atoms with Crippen LogP contribution < -0.4 is 0 Å². The summed E-state index contributed by atoms with van der Waals surface area (Å²) >= 11 is 0. The van der Waals surface area contributed by atoms with E-state index in [0.29, 0.717) is 25.3 Å². The summed E-state index contributed by atoms with van der Waals surface area (Å²) in [6.45, 7) is 0.103. The third-order valence-electron chi connectivity index (χ3n) is 3.22. The third kappa shape index (κ3) is 8.01. The molecule has 1 rings (SSSR count). The first-order valence-electron chi connectivity index (χ1n) is 6.84. The Hall–Kier alpha value is -1.27. The Labute approximate surface area is 115 Å². The first kappa shape index (κ1) is 16.8. The van der Waals surface area contributed by atoms with E-state index in [0.717, 1.165) is 12.8 Å². The van der Waals surface area contributed by atoms with Crippen LogP contribution in [-0.2, 0) is 9.59 Å². The topological polar surface area (TPSA) is 57.6 Å². The number of unbranched alkanes of at least 4 members (excludes halogenated alkanes) is 1. The minimum atomic E-state index is -4.26. The van der Waals surface area contributed by atoms with Gasteiger partial charge in [-0.15, -0.1) is 0 Å². The van der Waals surface area contributed by atoms with Crippen molar-refractivity contribution in [2.24, 2.45) is 5.92 Å². The Bertz CT molecular complexity index is 340. The average Bonchev–Trinajstić information content (AvgIpc) is 3.12. The van der Waals surface area contributed by atoms with Crippen LogP contribution in [0, 0.1) is 5.92 Å². The van der Waals surface area contributed by atoms with Crippen LogP contribution in [0.15, 0.2) is 0 Å². The van der Waals surface area contributed by atoms with Crippen molar-refractivity contribution in [1.29, 1.82) is 0 Å². The molecule has 0 heterocycles. The first-order chi connectivity index (χ1) is 9.28.